The van der Waals surface area contributed by atoms with Gasteiger partial charge in [-0.15, -0.1) is 0 Å². The maximum atomic E-state index is 11.3. The summed E-state index contributed by atoms with van der Waals surface area (Å²) in [4.78, 5) is 21.8. The first-order valence-electron chi connectivity index (χ1n) is 8.70. The number of aromatic carboxylic acids is 1. The number of benzene rings is 1. The second-order valence-electron chi connectivity index (χ2n) is 6.74. The van der Waals surface area contributed by atoms with Gasteiger partial charge in [-0.3, -0.25) is 0 Å². The number of anilines is 1. The van der Waals surface area contributed by atoms with Crippen LogP contribution < -0.4 is 14.9 Å². The summed E-state index contributed by atoms with van der Waals surface area (Å²) < 4.78 is 5.50. The highest BCUT2D eigenvalue weighted by molar-refractivity contribution is 6.46. The lowest BCUT2D eigenvalue weighted by atomic mass is 9.71. The molecule has 1 fully saturated rings. The second-order valence-corrected chi connectivity index (χ2v) is 6.74. The van der Waals surface area contributed by atoms with Crippen LogP contribution in [0, 0.1) is 5.92 Å². The molecule has 2 aliphatic rings. The fourth-order valence-electron chi connectivity index (χ4n) is 3.39. The molecule has 2 aliphatic heterocycles. The molecule has 3 heterocycles. The van der Waals surface area contributed by atoms with Crippen molar-refractivity contribution in [3.8, 4) is 5.75 Å². The average Bonchev–Trinajstić information content (AvgIpc) is 2.61. The molecule has 138 valence electrons. The molecular formula is C18H19BN4O4. The summed E-state index contributed by atoms with van der Waals surface area (Å²) in [6, 6.07) is 6.73. The van der Waals surface area contributed by atoms with E-state index in [1.165, 1.54) is 6.07 Å². The molecule has 0 saturated carbocycles. The van der Waals surface area contributed by atoms with Crippen molar-refractivity contribution < 1.29 is 19.6 Å². The molecule has 1 aromatic carbocycles. The minimum Gasteiger partial charge on any atom is -0.534 e. The fourth-order valence-corrected chi connectivity index (χ4v) is 3.39. The van der Waals surface area contributed by atoms with Gasteiger partial charge in [-0.05, 0) is 24.1 Å². The lowest BCUT2D eigenvalue weighted by molar-refractivity contribution is 0.0694. The van der Waals surface area contributed by atoms with E-state index in [4.69, 9.17) is 4.65 Å². The maximum absolute atomic E-state index is 11.3. The molecule has 0 spiro atoms. The molecule has 0 unspecified atom stereocenters. The quantitative estimate of drug-likeness (QED) is 0.665. The predicted molar refractivity (Wildman–Crippen MR) is 99.5 cm³/mol. The lowest BCUT2D eigenvalue weighted by Gasteiger charge is -2.41. The van der Waals surface area contributed by atoms with Crippen molar-refractivity contribution in [2.24, 2.45) is 5.92 Å². The minimum absolute atomic E-state index is 0.0568. The van der Waals surface area contributed by atoms with Crippen molar-refractivity contribution in [1.29, 1.82) is 0 Å². The summed E-state index contributed by atoms with van der Waals surface area (Å²) >= 11 is 0. The first-order valence-corrected chi connectivity index (χ1v) is 8.70. The van der Waals surface area contributed by atoms with Crippen LogP contribution in [0.3, 0.4) is 0 Å². The Labute approximate surface area is 156 Å². The number of aromatic nitrogens is 2. The average molecular weight is 366 g/mol. The van der Waals surface area contributed by atoms with Gasteiger partial charge in [0.2, 0.25) is 5.95 Å². The fraction of sp³-hybridized carbons (Fsp3) is 0.278. The zero-order valence-electron chi connectivity index (χ0n) is 14.6. The van der Waals surface area contributed by atoms with Gasteiger partial charge in [0.05, 0.1) is 11.5 Å². The molecule has 2 aromatic rings. The molecule has 8 nitrogen and oxygen atoms in total. The first kappa shape index (κ1) is 17.4. The van der Waals surface area contributed by atoms with E-state index in [9.17, 15) is 14.9 Å². The number of carboxylic acids is 1. The number of hydrogen-bond acceptors (Lipinski definition) is 7. The monoisotopic (exact) mass is 366 g/mol. The Morgan fingerprint density at radius 1 is 1.30 bits per heavy atom. The number of carbonyl (C=O) groups is 1. The third kappa shape index (κ3) is 3.33. The van der Waals surface area contributed by atoms with E-state index in [1.54, 1.807) is 24.5 Å². The van der Waals surface area contributed by atoms with E-state index < -0.39 is 19.0 Å². The summed E-state index contributed by atoms with van der Waals surface area (Å²) in [6.07, 6.45) is 3.87. The highest BCUT2D eigenvalue weighted by Crippen LogP contribution is 2.31. The predicted octanol–water partition coefficient (Wildman–Crippen LogP) is 0.738. The van der Waals surface area contributed by atoms with Crippen LogP contribution in [-0.2, 0) is 6.42 Å². The first-order chi connectivity index (χ1) is 13.0. The summed E-state index contributed by atoms with van der Waals surface area (Å²) in [7, 11) is -1.15. The zero-order valence-corrected chi connectivity index (χ0v) is 14.6. The molecule has 1 atom stereocenters. The van der Waals surface area contributed by atoms with Crippen LogP contribution in [0.4, 0.5) is 5.95 Å². The van der Waals surface area contributed by atoms with Gasteiger partial charge >= 0.3 is 13.1 Å². The Morgan fingerprint density at radius 2 is 2.04 bits per heavy atom. The Balaban J connectivity index is 1.39. The third-order valence-corrected chi connectivity index (χ3v) is 4.93. The zero-order chi connectivity index (χ0) is 19.0. The van der Waals surface area contributed by atoms with Gasteiger partial charge in [-0.1, -0.05) is 18.7 Å². The number of hydrogen-bond donors (Lipinski definition) is 3. The topological polar surface area (TPSA) is 108 Å². The van der Waals surface area contributed by atoms with E-state index in [1.807, 2.05) is 6.07 Å². The van der Waals surface area contributed by atoms with Gasteiger partial charge in [-0.2, -0.15) is 0 Å². The summed E-state index contributed by atoms with van der Waals surface area (Å²) in [5, 5.41) is 22.8. The van der Waals surface area contributed by atoms with E-state index in [0.29, 0.717) is 12.4 Å². The Morgan fingerprint density at radius 3 is 2.74 bits per heavy atom. The molecular weight excluding hydrogens is 347 g/mol. The number of fused-ring (bicyclic) bond motifs is 1. The van der Waals surface area contributed by atoms with Crippen molar-refractivity contribution in [2.45, 2.75) is 12.4 Å². The van der Waals surface area contributed by atoms with Crippen molar-refractivity contribution >= 4 is 19.0 Å². The van der Waals surface area contributed by atoms with E-state index >= 15 is 0 Å². The molecule has 0 amide bonds. The molecule has 1 aromatic heterocycles. The molecule has 3 N–H and O–H groups in total. The van der Waals surface area contributed by atoms with Crippen LogP contribution in [0.2, 0.25) is 0 Å². The summed E-state index contributed by atoms with van der Waals surface area (Å²) in [5.41, 5.74) is 1.62. The minimum atomic E-state index is -1.15. The standard InChI is InChI=1S/C18H19BN4O4/c1-11(13-9-23(10-13)18-20-6-3-7-21-18)22-15-8-12-4-2-5-14(17(24)25)16(12)27-19(15)26/h2-7,13,15,22,26H,1,8-10H2,(H,24,25)/t15-/m0/s1. The van der Waals surface area contributed by atoms with Crippen LogP contribution in [-0.4, -0.2) is 52.2 Å². The van der Waals surface area contributed by atoms with E-state index in [-0.39, 0.29) is 17.2 Å². The highest BCUT2D eigenvalue weighted by Gasteiger charge is 2.39. The maximum Gasteiger partial charge on any atom is 0.546 e. The number of rotatable bonds is 5. The molecule has 0 bridgehead atoms. The van der Waals surface area contributed by atoms with Gasteiger partial charge in [0.15, 0.2) is 0 Å². The normalized spacial score (nSPS) is 18.9. The number of para-hydroxylation sites is 1. The molecule has 9 heteroatoms. The summed E-state index contributed by atoms with van der Waals surface area (Å²) in [5.74, 6) is -0.327. The SMILES string of the molecule is C=C(N[C@H]1Cc2cccc(C(=O)O)c2OB1O)C1CN(c2ncccn2)C1. The molecule has 0 radical (unpaired) electrons. The van der Waals surface area contributed by atoms with E-state index in [0.717, 1.165) is 24.4 Å². The van der Waals surface area contributed by atoms with Gasteiger partial charge in [0, 0.05) is 37.1 Å². The lowest BCUT2D eigenvalue weighted by Crippen LogP contribution is -2.55. The van der Waals surface area contributed by atoms with Crippen LogP contribution in [0.5, 0.6) is 5.75 Å². The van der Waals surface area contributed by atoms with Crippen molar-refractivity contribution in [1.82, 2.24) is 15.3 Å². The largest absolute Gasteiger partial charge is 0.546 e. The van der Waals surface area contributed by atoms with Crippen LogP contribution in [0.25, 0.3) is 0 Å². The molecule has 0 aliphatic carbocycles. The van der Waals surface area contributed by atoms with Crippen molar-refractivity contribution in [2.75, 3.05) is 18.0 Å². The van der Waals surface area contributed by atoms with Crippen molar-refractivity contribution in [3.05, 3.63) is 60.1 Å². The van der Waals surface area contributed by atoms with Crippen LogP contribution in [0.1, 0.15) is 15.9 Å². The Hall–Kier alpha value is -3.07. The third-order valence-electron chi connectivity index (χ3n) is 4.93. The smallest absolute Gasteiger partial charge is 0.534 e. The molecule has 4 rings (SSSR count). The molecule has 1 saturated heterocycles. The van der Waals surface area contributed by atoms with Gasteiger partial charge in [-0.25, -0.2) is 14.8 Å². The Bertz CT molecular complexity index is 873. The van der Waals surface area contributed by atoms with Crippen LogP contribution >= 0.6 is 0 Å². The van der Waals surface area contributed by atoms with Gasteiger partial charge in [0.1, 0.15) is 5.75 Å². The number of nitrogens with one attached hydrogen (secondary N) is 1. The second kappa shape index (κ2) is 6.92. The number of carboxylic acid groups (broad SMARTS) is 1. The van der Waals surface area contributed by atoms with Crippen molar-refractivity contribution in [3.63, 3.8) is 0 Å². The summed E-state index contributed by atoms with van der Waals surface area (Å²) in [6.45, 7) is 5.59. The Kier molecular flexibility index (Phi) is 4.45. The molecule has 27 heavy (non-hydrogen) atoms. The van der Waals surface area contributed by atoms with E-state index in [2.05, 4.69) is 26.8 Å². The number of nitrogens with zero attached hydrogens (tertiary/aromatic N) is 3. The van der Waals surface area contributed by atoms with Gasteiger partial charge < -0.3 is 25.0 Å². The van der Waals surface area contributed by atoms with Crippen LogP contribution in [0.15, 0.2) is 48.9 Å². The van der Waals surface area contributed by atoms with Gasteiger partial charge in [0.25, 0.3) is 0 Å². The highest BCUT2D eigenvalue weighted by atomic mass is 16.5.